The minimum absolute atomic E-state index is 0.0820. The molecule has 2 aromatic heterocycles. The minimum Gasteiger partial charge on any atom is -0.361 e. The number of carbonyl (C=O) groups is 2. The number of nitrogens with zero attached hydrogens (tertiary/aromatic N) is 5. The highest BCUT2D eigenvalue weighted by Crippen LogP contribution is 2.31. The lowest BCUT2D eigenvalue weighted by Gasteiger charge is -2.38. The predicted molar refractivity (Wildman–Crippen MR) is 147 cm³/mol. The molecule has 2 amide bonds. The molecule has 0 spiro atoms. The third-order valence-corrected chi connectivity index (χ3v) is 7.29. The van der Waals surface area contributed by atoms with Crippen LogP contribution in [0.1, 0.15) is 41.1 Å². The molecule has 12 heteroatoms. The van der Waals surface area contributed by atoms with E-state index in [0.29, 0.717) is 47.8 Å². The molecule has 0 radical (unpaired) electrons. The number of anilines is 4. The molecular formula is C27H27ClN8O3. The van der Waals surface area contributed by atoms with Crippen molar-refractivity contribution in [2.45, 2.75) is 32.6 Å². The van der Waals surface area contributed by atoms with Gasteiger partial charge in [-0.05, 0) is 49.9 Å². The Morgan fingerprint density at radius 1 is 1.23 bits per heavy atom. The highest BCUT2D eigenvalue weighted by atomic mass is 35.5. The Balaban J connectivity index is 1.15. The lowest BCUT2D eigenvalue weighted by molar-refractivity contribution is -0.118. The van der Waals surface area contributed by atoms with E-state index in [9.17, 15) is 9.59 Å². The standard InChI is InChI=1S/C27H27ClN8O3/c1-15-6-23(35-39-15)26(38)36-13-17(14-36)8-24(37)33-22-5-4-19-9-18(22)3-2-16-7-20(11-29-10-16)32-27-30-12-21(28)25(31-19)34-27/h4-6,9-12,16-17H,2-3,7-8,13-14H2,1H3,(H,33,37)(H2,30,31,32,34). The zero-order chi connectivity index (χ0) is 26.9. The zero-order valence-electron chi connectivity index (χ0n) is 21.3. The SMILES string of the molecule is Cc1cc(C(=O)N2CC(CC(=O)Nc3ccc4cc3CCC3C=NC=C(C3)Nc3ncc(Cl)c(n3)N4)C2)no1. The molecule has 3 N–H and O–H groups in total. The number of halogens is 1. The maximum absolute atomic E-state index is 13.0. The summed E-state index contributed by atoms with van der Waals surface area (Å²) in [6.45, 7) is 2.77. The molecule has 1 unspecified atom stereocenters. The van der Waals surface area contributed by atoms with Crippen molar-refractivity contribution in [3.8, 4) is 0 Å². The number of allylic oxidation sites excluding steroid dienone is 1. The molecular weight excluding hydrogens is 520 g/mol. The van der Waals surface area contributed by atoms with Crippen LogP contribution in [0, 0.1) is 18.8 Å². The van der Waals surface area contributed by atoms with E-state index in [2.05, 4.69) is 36.1 Å². The van der Waals surface area contributed by atoms with Gasteiger partial charge in [0, 0.05) is 66.9 Å². The molecule has 1 atom stereocenters. The maximum Gasteiger partial charge on any atom is 0.276 e. The summed E-state index contributed by atoms with van der Waals surface area (Å²) in [7, 11) is 0. The van der Waals surface area contributed by atoms with Gasteiger partial charge < -0.3 is 25.4 Å². The van der Waals surface area contributed by atoms with Gasteiger partial charge in [-0.25, -0.2) is 4.98 Å². The normalized spacial score (nSPS) is 18.4. The maximum atomic E-state index is 13.0. The van der Waals surface area contributed by atoms with E-state index in [1.54, 1.807) is 30.3 Å². The molecule has 11 nitrogen and oxygen atoms in total. The van der Waals surface area contributed by atoms with Crippen molar-refractivity contribution in [1.82, 2.24) is 20.0 Å². The molecule has 3 aliphatic heterocycles. The first kappa shape index (κ1) is 25.1. The summed E-state index contributed by atoms with van der Waals surface area (Å²) in [6.07, 6.45) is 8.02. The highest BCUT2D eigenvalue weighted by Gasteiger charge is 2.34. The fourth-order valence-electron chi connectivity index (χ4n) is 5.00. The molecule has 1 saturated heterocycles. The summed E-state index contributed by atoms with van der Waals surface area (Å²) in [5.74, 6) is 1.59. The summed E-state index contributed by atoms with van der Waals surface area (Å²) in [4.78, 5) is 40.4. The first-order valence-corrected chi connectivity index (χ1v) is 13.2. The second kappa shape index (κ2) is 10.5. The average Bonchev–Trinajstić information content (AvgIpc) is 3.33. The van der Waals surface area contributed by atoms with E-state index < -0.39 is 0 Å². The van der Waals surface area contributed by atoms with E-state index in [4.69, 9.17) is 16.1 Å². The van der Waals surface area contributed by atoms with Crippen molar-refractivity contribution in [3.63, 3.8) is 0 Å². The Hall–Kier alpha value is -4.25. The molecule has 6 rings (SSSR count). The van der Waals surface area contributed by atoms with Gasteiger partial charge in [0.25, 0.3) is 5.91 Å². The molecule has 5 heterocycles. The number of hydrogen-bond acceptors (Lipinski definition) is 9. The van der Waals surface area contributed by atoms with Crippen molar-refractivity contribution < 1.29 is 14.1 Å². The number of aromatic nitrogens is 3. The van der Waals surface area contributed by atoms with Gasteiger partial charge in [-0.15, -0.1) is 0 Å². The van der Waals surface area contributed by atoms with E-state index in [1.807, 2.05) is 24.4 Å². The van der Waals surface area contributed by atoms with Gasteiger partial charge in [-0.1, -0.05) is 16.8 Å². The molecule has 0 aliphatic carbocycles. The van der Waals surface area contributed by atoms with Gasteiger partial charge in [0.05, 0.1) is 6.20 Å². The number of carbonyl (C=O) groups excluding carboxylic acids is 2. The van der Waals surface area contributed by atoms with E-state index in [1.165, 1.54) is 0 Å². The molecule has 39 heavy (non-hydrogen) atoms. The van der Waals surface area contributed by atoms with Crippen LogP contribution in [0.25, 0.3) is 0 Å². The number of hydrogen-bond donors (Lipinski definition) is 3. The number of likely N-dealkylation sites (tertiary alicyclic amines) is 1. The molecule has 1 aromatic carbocycles. The van der Waals surface area contributed by atoms with Gasteiger partial charge in [0.2, 0.25) is 11.9 Å². The van der Waals surface area contributed by atoms with Gasteiger partial charge in [0.1, 0.15) is 10.8 Å². The summed E-state index contributed by atoms with van der Waals surface area (Å²) in [6, 6.07) is 7.42. The predicted octanol–water partition coefficient (Wildman–Crippen LogP) is 4.56. The second-order valence-corrected chi connectivity index (χ2v) is 10.5. The summed E-state index contributed by atoms with van der Waals surface area (Å²) in [5, 5.41) is 13.8. The number of rotatable bonds is 4. The van der Waals surface area contributed by atoms with E-state index in [0.717, 1.165) is 41.9 Å². The lowest BCUT2D eigenvalue weighted by Crippen LogP contribution is -2.51. The first-order chi connectivity index (χ1) is 18.9. The summed E-state index contributed by atoms with van der Waals surface area (Å²) in [5.41, 5.74) is 3.80. The Morgan fingerprint density at radius 3 is 2.92 bits per heavy atom. The Morgan fingerprint density at radius 2 is 2.10 bits per heavy atom. The topological polar surface area (TPSA) is 138 Å². The number of nitrogens with one attached hydrogen (secondary N) is 3. The highest BCUT2D eigenvalue weighted by molar-refractivity contribution is 6.32. The lowest BCUT2D eigenvalue weighted by atomic mass is 9.93. The average molecular weight is 547 g/mol. The van der Waals surface area contributed by atoms with Crippen LogP contribution in [0.4, 0.5) is 23.1 Å². The van der Waals surface area contributed by atoms with Gasteiger partial charge in [0.15, 0.2) is 11.5 Å². The minimum atomic E-state index is -0.173. The van der Waals surface area contributed by atoms with Crippen LogP contribution in [0.2, 0.25) is 5.02 Å². The van der Waals surface area contributed by atoms with Crippen molar-refractivity contribution in [3.05, 3.63) is 64.4 Å². The first-order valence-electron chi connectivity index (χ1n) is 12.8. The van der Waals surface area contributed by atoms with Gasteiger partial charge >= 0.3 is 0 Å². The molecule has 6 bridgehead atoms. The molecule has 200 valence electrons. The Bertz CT molecular complexity index is 1490. The van der Waals surface area contributed by atoms with E-state index in [-0.39, 0.29) is 23.7 Å². The monoisotopic (exact) mass is 546 g/mol. The quantitative estimate of drug-likeness (QED) is 0.433. The van der Waals surface area contributed by atoms with Crippen LogP contribution in [0.3, 0.4) is 0 Å². The fraction of sp³-hybridized carbons (Fsp3) is 0.333. The second-order valence-electron chi connectivity index (χ2n) is 10.1. The van der Waals surface area contributed by atoms with Crippen LogP contribution < -0.4 is 16.0 Å². The largest absolute Gasteiger partial charge is 0.361 e. The third-order valence-electron chi connectivity index (χ3n) is 7.02. The number of aryl methyl sites for hydroxylation is 2. The van der Waals surface area contributed by atoms with Crippen LogP contribution in [0.5, 0.6) is 0 Å². The van der Waals surface area contributed by atoms with E-state index >= 15 is 0 Å². The number of aliphatic imine (C=N–C) groups is 1. The number of amides is 2. The Labute approximate surface area is 229 Å². The summed E-state index contributed by atoms with van der Waals surface area (Å²) < 4.78 is 5.00. The molecule has 3 aliphatic rings. The smallest absolute Gasteiger partial charge is 0.276 e. The van der Waals surface area contributed by atoms with Crippen molar-refractivity contribution in [1.29, 1.82) is 0 Å². The van der Waals surface area contributed by atoms with Crippen LogP contribution in [-0.4, -0.2) is 51.1 Å². The molecule has 1 fully saturated rings. The number of fused-ring (bicyclic) bond motifs is 6. The van der Waals surface area contributed by atoms with Crippen molar-refractivity contribution in [2.75, 3.05) is 29.0 Å². The number of benzene rings is 1. The third kappa shape index (κ3) is 5.63. The van der Waals surface area contributed by atoms with Crippen LogP contribution in [-0.2, 0) is 11.2 Å². The molecule has 3 aromatic rings. The van der Waals surface area contributed by atoms with Crippen molar-refractivity contribution in [2.24, 2.45) is 16.8 Å². The van der Waals surface area contributed by atoms with Crippen LogP contribution in [0.15, 0.2) is 51.9 Å². The van der Waals surface area contributed by atoms with Gasteiger partial charge in [-0.3, -0.25) is 14.6 Å². The Kier molecular flexibility index (Phi) is 6.74. The zero-order valence-corrected chi connectivity index (χ0v) is 22.0. The molecule has 0 saturated carbocycles. The van der Waals surface area contributed by atoms with Crippen LogP contribution >= 0.6 is 11.6 Å². The fourth-order valence-corrected chi connectivity index (χ4v) is 5.13. The summed E-state index contributed by atoms with van der Waals surface area (Å²) >= 11 is 6.36. The van der Waals surface area contributed by atoms with Gasteiger partial charge in [-0.2, -0.15) is 4.98 Å². The van der Waals surface area contributed by atoms with Crippen molar-refractivity contribution >= 4 is 52.8 Å².